The van der Waals surface area contributed by atoms with E-state index in [9.17, 15) is 9.18 Å². The summed E-state index contributed by atoms with van der Waals surface area (Å²) in [5, 5.41) is 6.04. The Hall–Kier alpha value is -1.88. The molecule has 0 saturated carbocycles. The van der Waals surface area contributed by atoms with Gasteiger partial charge in [0.1, 0.15) is 10.8 Å². The second kappa shape index (κ2) is 5.18. The molecule has 0 aliphatic heterocycles. The Bertz CT molecular complexity index is 597. The normalized spacial score (nSPS) is 10.4. The summed E-state index contributed by atoms with van der Waals surface area (Å²) < 4.78 is 12.8. The number of nitrogens with zero attached hydrogens (tertiary/aromatic N) is 2. The number of hydrogen-bond acceptors (Lipinski definition) is 3. The molecule has 1 heterocycles. The molecular weight excluding hydrogens is 257 g/mol. The molecule has 0 saturated heterocycles. The molecule has 0 bridgehead atoms. The van der Waals surface area contributed by atoms with Crippen LogP contribution in [-0.4, -0.2) is 17.2 Å². The highest BCUT2D eigenvalue weighted by Gasteiger charge is 2.10. The van der Waals surface area contributed by atoms with Gasteiger partial charge in [-0.2, -0.15) is 5.10 Å². The minimum atomic E-state index is -0.430. The lowest BCUT2D eigenvalue weighted by atomic mass is 10.2. The van der Waals surface area contributed by atoms with Crippen molar-refractivity contribution in [3.63, 3.8) is 0 Å². The maximum atomic E-state index is 12.8. The van der Waals surface area contributed by atoms with Gasteiger partial charge in [-0.3, -0.25) is 4.79 Å². The van der Waals surface area contributed by atoms with E-state index in [1.807, 2.05) is 0 Å². The smallest absolute Gasteiger partial charge is 0.285 e. The molecule has 6 heteroatoms. The van der Waals surface area contributed by atoms with E-state index in [-0.39, 0.29) is 10.8 Å². The van der Waals surface area contributed by atoms with Gasteiger partial charge in [0.2, 0.25) is 0 Å². The van der Waals surface area contributed by atoms with Gasteiger partial charge in [-0.1, -0.05) is 23.7 Å². The highest BCUT2D eigenvalue weighted by atomic mass is 35.5. The molecule has 0 fully saturated rings. The van der Waals surface area contributed by atoms with Gasteiger partial charge >= 0.3 is 0 Å². The number of anilines is 1. The summed E-state index contributed by atoms with van der Waals surface area (Å²) in [5.74, 6) is -0.280. The van der Waals surface area contributed by atoms with Crippen molar-refractivity contribution in [2.45, 2.75) is 6.54 Å². The average molecular weight is 268 g/mol. The Morgan fingerprint density at radius 2 is 2.06 bits per heavy atom. The number of halogens is 2. The van der Waals surface area contributed by atoms with Crippen molar-refractivity contribution >= 4 is 17.3 Å². The fourth-order valence-corrected chi connectivity index (χ4v) is 1.82. The SMILES string of the molecule is CN(Cc1ccc(F)cc1)c1cn[nH]c(=O)c1Cl. The minimum absolute atomic E-state index is 0.0922. The molecule has 1 aromatic heterocycles. The second-order valence-electron chi connectivity index (χ2n) is 3.88. The summed E-state index contributed by atoms with van der Waals surface area (Å²) in [5.41, 5.74) is 1.01. The summed E-state index contributed by atoms with van der Waals surface area (Å²) in [4.78, 5) is 13.1. The maximum absolute atomic E-state index is 12.8. The number of benzene rings is 1. The molecule has 94 valence electrons. The van der Waals surface area contributed by atoms with Crippen LogP contribution in [-0.2, 0) is 6.54 Å². The van der Waals surface area contributed by atoms with Gasteiger partial charge in [-0.05, 0) is 17.7 Å². The zero-order valence-corrected chi connectivity index (χ0v) is 10.4. The molecule has 1 aromatic carbocycles. The standard InChI is InChI=1S/C12H11ClFN3O/c1-17(7-8-2-4-9(14)5-3-8)10-6-15-16-12(18)11(10)13/h2-6H,7H2,1H3,(H,16,18). The van der Waals surface area contributed by atoms with Gasteiger partial charge in [-0.25, -0.2) is 9.49 Å². The minimum Gasteiger partial charge on any atom is -0.368 e. The van der Waals surface area contributed by atoms with Crippen molar-refractivity contribution in [1.82, 2.24) is 10.2 Å². The van der Waals surface area contributed by atoms with E-state index in [2.05, 4.69) is 10.2 Å². The molecule has 0 aliphatic rings. The molecule has 4 nitrogen and oxygen atoms in total. The van der Waals surface area contributed by atoms with E-state index >= 15 is 0 Å². The van der Waals surface area contributed by atoms with E-state index in [4.69, 9.17) is 11.6 Å². The third-order valence-corrected chi connectivity index (χ3v) is 2.89. The largest absolute Gasteiger partial charge is 0.368 e. The Morgan fingerprint density at radius 1 is 1.39 bits per heavy atom. The summed E-state index contributed by atoms with van der Waals surface area (Å²) in [7, 11) is 1.78. The predicted molar refractivity (Wildman–Crippen MR) is 68.4 cm³/mol. The first-order chi connectivity index (χ1) is 8.58. The van der Waals surface area contributed by atoms with Gasteiger partial charge in [0, 0.05) is 13.6 Å². The lowest BCUT2D eigenvalue weighted by Crippen LogP contribution is -2.21. The van der Waals surface area contributed by atoms with E-state index in [1.54, 1.807) is 24.1 Å². The first-order valence-electron chi connectivity index (χ1n) is 5.26. The summed E-state index contributed by atoms with van der Waals surface area (Å²) in [6, 6.07) is 6.14. The quantitative estimate of drug-likeness (QED) is 0.927. The molecule has 0 atom stereocenters. The number of hydrogen-bond donors (Lipinski definition) is 1. The molecule has 0 aliphatic carbocycles. The fourth-order valence-electron chi connectivity index (χ4n) is 1.59. The maximum Gasteiger partial charge on any atom is 0.285 e. The third kappa shape index (κ3) is 2.68. The first kappa shape index (κ1) is 12.6. The predicted octanol–water partition coefficient (Wildman–Crippen LogP) is 2.20. The van der Waals surface area contributed by atoms with Gasteiger partial charge in [0.25, 0.3) is 5.56 Å². The van der Waals surface area contributed by atoms with Crippen LogP contribution in [0.2, 0.25) is 5.02 Å². The van der Waals surface area contributed by atoms with Crippen molar-refractivity contribution in [1.29, 1.82) is 0 Å². The van der Waals surface area contributed by atoms with Crippen LogP contribution in [0, 0.1) is 5.82 Å². The van der Waals surface area contributed by atoms with Crippen molar-refractivity contribution in [2.75, 3.05) is 11.9 Å². The van der Waals surface area contributed by atoms with Gasteiger partial charge in [0.15, 0.2) is 0 Å². The average Bonchev–Trinajstić information content (AvgIpc) is 2.35. The van der Waals surface area contributed by atoms with E-state index in [0.29, 0.717) is 12.2 Å². The van der Waals surface area contributed by atoms with Gasteiger partial charge < -0.3 is 4.90 Å². The topological polar surface area (TPSA) is 49.0 Å². The van der Waals surface area contributed by atoms with Crippen LogP contribution in [0.5, 0.6) is 0 Å². The summed E-state index contributed by atoms with van der Waals surface area (Å²) in [6.07, 6.45) is 1.48. The molecule has 0 radical (unpaired) electrons. The Balaban J connectivity index is 2.22. The molecular formula is C12H11ClFN3O. The van der Waals surface area contributed by atoms with Crippen LogP contribution in [0.4, 0.5) is 10.1 Å². The van der Waals surface area contributed by atoms with E-state index in [1.165, 1.54) is 18.3 Å². The molecule has 18 heavy (non-hydrogen) atoms. The van der Waals surface area contributed by atoms with Gasteiger partial charge in [-0.15, -0.1) is 0 Å². The highest BCUT2D eigenvalue weighted by Crippen LogP contribution is 2.20. The van der Waals surface area contributed by atoms with Crippen molar-refractivity contribution in [3.8, 4) is 0 Å². The van der Waals surface area contributed by atoms with Crippen LogP contribution >= 0.6 is 11.6 Å². The van der Waals surface area contributed by atoms with Crippen molar-refractivity contribution < 1.29 is 4.39 Å². The zero-order valence-electron chi connectivity index (χ0n) is 9.65. The second-order valence-corrected chi connectivity index (χ2v) is 4.26. The molecule has 1 N–H and O–H groups in total. The fraction of sp³-hybridized carbons (Fsp3) is 0.167. The van der Waals surface area contributed by atoms with Crippen LogP contribution in [0.25, 0.3) is 0 Å². The molecule has 0 spiro atoms. The van der Waals surface area contributed by atoms with Gasteiger partial charge in [0.05, 0.1) is 11.9 Å². The highest BCUT2D eigenvalue weighted by molar-refractivity contribution is 6.32. The van der Waals surface area contributed by atoms with Crippen LogP contribution in [0.15, 0.2) is 35.3 Å². The van der Waals surface area contributed by atoms with Crippen LogP contribution in [0.1, 0.15) is 5.56 Å². The summed E-state index contributed by atoms with van der Waals surface area (Å²) >= 11 is 5.89. The van der Waals surface area contributed by atoms with Crippen LogP contribution in [0.3, 0.4) is 0 Å². The molecule has 2 aromatic rings. The first-order valence-corrected chi connectivity index (χ1v) is 5.64. The van der Waals surface area contributed by atoms with Crippen molar-refractivity contribution in [3.05, 3.63) is 57.2 Å². The number of nitrogens with one attached hydrogen (secondary N) is 1. The molecule has 0 unspecified atom stereocenters. The lowest BCUT2D eigenvalue weighted by molar-refractivity contribution is 0.627. The van der Waals surface area contributed by atoms with Crippen LogP contribution < -0.4 is 10.5 Å². The Morgan fingerprint density at radius 3 is 2.72 bits per heavy atom. The Kier molecular flexibility index (Phi) is 3.62. The number of rotatable bonds is 3. The van der Waals surface area contributed by atoms with Crippen molar-refractivity contribution in [2.24, 2.45) is 0 Å². The molecule has 2 rings (SSSR count). The lowest BCUT2D eigenvalue weighted by Gasteiger charge is -2.19. The Labute approximate surface area is 108 Å². The number of aromatic nitrogens is 2. The third-order valence-electron chi connectivity index (χ3n) is 2.52. The monoisotopic (exact) mass is 267 g/mol. The van der Waals surface area contributed by atoms with E-state index < -0.39 is 5.56 Å². The molecule has 0 amide bonds. The summed E-state index contributed by atoms with van der Waals surface area (Å²) in [6.45, 7) is 0.505. The zero-order chi connectivity index (χ0) is 13.1. The number of aromatic amines is 1. The van der Waals surface area contributed by atoms with E-state index in [0.717, 1.165) is 5.56 Å². The number of H-pyrrole nitrogens is 1.